The summed E-state index contributed by atoms with van der Waals surface area (Å²) in [5.74, 6) is -0.0260. The monoisotopic (exact) mass is 844 g/mol. The van der Waals surface area contributed by atoms with E-state index in [0.717, 1.165) is 32.1 Å². The molecular weight excluding hydrogens is 735 g/mol. The maximum Gasteiger partial charge on any atom is 0.220 e. The third kappa shape index (κ3) is 47.9. The van der Waals surface area contributed by atoms with E-state index in [0.29, 0.717) is 12.8 Å². The molecule has 0 aliphatic heterocycles. The zero-order valence-electron chi connectivity index (χ0n) is 41.0. The van der Waals surface area contributed by atoms with Crippen LogP contribution in [-0.4, -0.2) is 34.9 Å². The number of unbranched alkanes of at least 4 members (excludes halogenated alkanes) is 40. The van der Waals surface area contributed by atoms with Crippen LogP contribution in [0.3, 0.4) is 0 Å². The van der Waals surface area contributed by atoms with Crippen molar-refractivity contribution in [3.8, 4) is 0 Å². The van der Waals surface area contributed by atoms with Gasteiger partial charge in [-0.15, -0.1) is 0 Å². The summed E-state index contributed by atoms with van der Waals surface area (Å²) in [6.45, 7) is 4.37. The quantitative estimate of drug-likeness (QED) is 0.0422. The fourth-order valence-corrected chi connectivity index (χ4v) is 8.75. The Kier molecular flexibility index (Phi) is 51.2. The minimum Gasteiger partial charge on any atom is -0.394 e. The Balaban J connectivity index is 3.37. The number of carbonyl (C=O) groups excluding carboxylic acids is 1. The third-order valence-electron chi connectivity index (χ3n) is 13.0. The summed E-state index contributed by atoms with van der Waals surface area (Å²) in [6.07, 6.45) is 68.8. The normalized spacial score (nSPS) is 12.9. The second kappa shape index (κ2) is 52.2. The Morgan fingerprint density at radius 2 is 0.683 bits per heavy atom. The Labute approximate surface area is 377 Å². The van der Waals surface area contributed by atoms with Crippen molar-refractivity contribution in [2.75, 3.05) is 6.61 Å². The number of rotatable bonds is 51. The van der Waals surface area contributed by atoms with Gasteiger partial charge in [0.25, 0.3) is 0 Å². The summed E-state index contributed by atoms with van der Waals surface area (Å²) in [4.78, 5) is 12.4. The molecule has 1 amide bonds. The first-order valence-corrected chi connectivity index (χ1v) is 27.5. The summed E-state index contributed by atoms with van der Waals surface area (Å²) >= 11 is 0. The molecular formula is C56H109NO3. The molecule has 0 heterocycles. The zero-order valence-corrected chi connectivity index (χ0v) is 41.0. The number of carbonyl (C=O) groups is 1. The van der Waals surface area contributed by atoms with E-state index in [1.54, 1.807) is 0 Å². The van der Waals surface area contributed by atoms with E-state index in [4.69, 9.17) is 0 Å². The van der Waals surface area contributed by atoms with E-state index in [-0.39, 0.29) is 12.5 Å². The molecule has 0 aromatic carbocycles. The lowest BCUT2D eigenvalue weighted by Gasteiger charge is -2.22. The molecule has 0 aromatic heterocycles. The molecule has 0 radical (unpaired) electrons. The summed E-state index contributed by atoms with van der Waals surface area (Å²) in [6, 6.07) is -0.532. The number of allylic oxidation sites excluding steroid dienone is 4. The average molecular weight is 844 g/mol. The molecule has 0 aromatic rings. The summed E-state index contributed by atoms with van der Waals surface area (Å²) in [5.41, 5.74) is 0. The minimum absolute atomic E-state index is 0.0260. The lowest BCUT2D eigenvalue weighted by atomic mass is 10.0. The predicted molar refractivity (Wildman–Crippen MR) is 267 cm³/mol. The number of nitrogens with one attached hydrogen (secondary N) is 1. The molecule has 356 valence electrons. The summed E-state index contributed by atoms with van der Waals surface area (Å²) in [5, 5.41) is 23.2. The van der Waals surface area contributed by atoms with Crippen LogP contribution >= 0.6 is 0 Å². The van der Waals surface area contributed by atoms with Crippen LogP contribution in [0.25, 0.3) is 0 Å². The van der Waals surface area contributed by atoms with Gasteiger partial charge < -0.3 is 15.5 Å². The minimum atomic E-state index is -0.655. The largest absolute Gasteiger partial charge is 0.394 e. The molecule has 0 bridgehead atoms. The van der Waals surface area contributed by atoms with E-state index in [2.05, 4.69) is 43.5 Å². The lowest BCUT2D eigenvalue weighted by Crippen LogP contribution is -2.45. The van der Waals surface area contributed by atoms with Gasteiger partial charge in [0.05, 0.1) is 18.8 Å². The van der Waals surface area contributed by atoms with Crippen molar-refractivity contribution in [3.63, 3.8) is 0 Å². The first-order valence-electron chi connectivity index (χ1n) is 27.5. The molecule has 0 saturated heterocycles. The number of amides is 1. The number of aliphatic hydroxyl groups excluding tert-OH is 2. The Bertz CT molecular complexity index is 871. The van der Waals surface area contributed by atoms with Crippen molar-refractivity contribution in [2.24, 2.45) is 0 Å². The lowest BCUT2D eigenvalue weighted by molar-refractivity contribution is -0.123. The number of hydrogen-bond donors (Lipinski definition) is 3. The van der Waals surface area contributed by atoms with Crippen LogP contribution in [0.2, 0.25) is 0 Å². The summed E-state index contributed by atoms with van der Waals surface area (Å²) < 4.78 is 0. The highest BCUT2D eigenvalue weighted by atomic mass is 16.3. The molecule has 0 rings (SSSR count). The van der Waals surface area contributed by atoms with E-state index in [1.165, 1.54) is 250 Å². The van der Waals surface area contributed by atoms with Crippen molar-refractivity contribution in [3.05, 3.63) is 24.3 Å². The van der Waals surface area contributed by atoms with Crippen LogP contribution in [0, 0.1) is 0 Å². The third-order valence-corrected chi connectivity index (χ3v) is 13.0. The molecule has 2 unspecified atom stereocenters. The second-order valence-corrected chi connectivity index (χ2v) is 19.0. The fraction of sp³-hybridized carbons (Fsp3) is 0.911. The molecule has 4 nitrogen and oxygen atoms in total. The van der Waals surface area contributed by atoms with Crippen molar-refractivity contribution in [2.45, 2.75) is 321 Å². The van der Waals surface area contributed by atoms with Gasteiger partial charge in [0.15, 0.2) is 0 Å². The van der Waals surface area contributed by atoms with Crippen molar-refractivity contribution in [1.29, 1.82) is 0 Å². The maximum atomic E-state index is 12.4. The molecule has 0 fully saturated rings. The zero-order chi connectivity index (χ0) is 43.5. The van der Waals surface area contributed by atoms with Gasteiger partial charge in [0.2, 0.25) is 5.91 Å². The van der Waals surface area contributed by atoms with E-state index in [1.807, 2.05) is 0 Å². The molecule has 0 saturated carbocycles. The van der Waals surface area contributed by atoms with Crippen LogP contribution in [0.15, 0.2) is 24.3 Å². The van der Waals surface area contributed by atoms with Gasteiger partial charge in [-0.2, -0.15) is 0 Å². The maximum absolute atomic E-state index is 12.4. The van der Waals surface area contributed by atoms with Crippen molar-refractivity contribution < 1.29 is 15.0 Å². The van der Waals surface area contributed by atoms with Gasteiger partial charge in [-0.25, -0.2) is 0 Å². The van der Waals surface area contributed by atoms with Gasteiger partial charge in [-0.3, -0.25) is 4.79 Å². The van der Waals surface area contributed by atoms with Gasteiger partial charge in [0, 0.05) is 6.42 Å². The van der Waals surface area contributed by atoms with Gasteiger partial charge in [-0.05, 0) is 44.9 Å². The fourth-order valence-electron chi connectivity index (χ4n) is 8.75. The SMILES string of the molecule is CCCCCCC/C=C\C/C=C\CCCCCCCCCCCCCCCCCCCCCCCCCC(=O)NC(CO)C(O)CCCCCCCCCCCCCCC. The molecule has 0 aliphatic rings. The number of aliphatic hydroxyl groups is 2. The van der Waals surface area contributed by atoms with Crippen LogP contribution in [0.4, 0.5) is 0 Å². The Hall–Kier alpha value is -1.13. The van der Waals surface area contributed by atoms with E-state index >= 15 is 0 Å². The van der Waals surface area contributed by atoms with Crippen LogP contribution in [0.5, 0.6) is 0 Å². The Morgan fingerprint density at radius 3 is 1.00 bits per heavy atom. The van der Waals surface area contributed by atoms with Gasteiger partial charge in [0.1, 0.15) is 0 Å². The first kappa shape index (κ1) is 58.9. The van der Waals surface area contributed by atoms with Crippen LogP contribution in [0.1, 0.15) is 309 Å². The van der Waals surface area contributed by atoms with Gasteiger partial charge >= 0.3 is 0 Å². The van der Waals surface area contributed by atoms with E-state index < -0.39 is 12.1 Å². The van der Waals surface area contributed by atoms with E-state index in [9.17, 15) is 15.0 Å². The predicted octanol–water partition coefficient (Wildman–Crippen LogP) is 17.9. The van der Waals surface area contributed by atoms with Crippen LogP contribution in [-0.2, 0) is 4.79 Å². The highest BCUT2D eigenvalue weighted by Crippen LogP contribution is 2.18. The molecule has 4 heteroatoms. The highest BCUT2D eigenvalue weighted by molar-refractivity contribution is 5.76. The highest BCUT2D eigenvalue weighted by Gasteiger charge is 2.20. The number of hydrogen-bond acceptors (Lipinski definition) is 3. The standard InChI is InChI=1S/C56H109NO3/c1-3-5-7-9-11-13-15-17-18-19-20-21-22-23-24-25-26-27-28-29-30-31-32-33-34-35-36-37-38-40-42-44-46-48-50-52-56(60)57-54(53-58)55(59)51-49-47-45-43-41-39-16-14-12-10-8-6-4-2/h15,17,19-20,54-55,58-59H,3-14,16,18,21-53H2,1-2H3,(H,57,60)/b17-15-,20-19-. The molecule has 0 spiro atoms. The molecule has 0 aliphatic carbocycles. The summed E-state index contributed by atoms with van der Waals surface area (Å²) in [7, 11) is 0. The van der Waals surface area contributed by atoms with Crippen molar-refractivity contribution >= 4 is 5.91 Å². The Morgan fingerprint density at radius 1 is 0.400 bits per heavy atom. The average Bonchev–Trinajstić information content (AvgIpc) is 3.25. The second-order valence-electron chi connectivity index (χ2n) is 19.0. The van der Waals surface area contributed by atoms with Crippen molar-refractivity contribution in [1.82, 2.24) is 5.32 Å². The van der Waals surface area contributed by atoms with Gasteiger partial charge in [-0.1, -0.05) is 282 Å². The molecule has 2 atom stereocenters. The van der Waals surface area contributed by atoms with Crippen LogP contribution < -0.4 is 5.32 Å². The first-order chi connectivity index (χ1) is 29.7. The molecule has 60 heavy (non-hydrogen) atoms. The topological polar surface area (TPSA) is 69.6 Å². The molecule has 3 N–H and O–H groups in total. The smallest absolute Gasteiger partial charge is 0.220 e.